The summed E-state index contributed by atoms with van der Waals surface area (Å²) in [5, 5.41) is 2.84. The third kappa shape index (κ3) is 2.76. The average Bonchev–Trinajstić information content (AvgIpc) is 2.85. The summed E-state index contributed by atoms with van der Waals surface area (Å²) in [6.45, 7) is 6.91. The van der Waals surface area contributed by atoms with E-state index in [2.05, 4.69) is 5.32 Å². The smallest absolute Gasteiger partial charge is 0.246 e. The molecule has 1 N–H and O–H groups in total. The molecule has 2 fully saturated rings. The maximum absolute atomic E-state index is 12.5. The molecule has 2 unspecified atom stereocenters. The molecule has 108 valence electrons. The summed E-state index contributed by atoms with van der Waals surface area (Å²) >= 11 is 0. The molecule has 2 aliphatic heterocycles. The zero-order chi connectivity index (χ0) is 14.0. The van der Waals surface area contributed by atoms with Gasteiger partial charge < -0.3 is 15.0 Å². The highest BCUT2D eigenvalue weighted by Gasteiger charge is 2.46. The highest BCUT2D eigenvalue weighted by Crippen LogP contribution is 2.25. The summed E-state index contributed by atoms with van der Waals surface area (Å²) in [4.78, 5) is 26.4. The number of nitrogens with zero attached hydrogens (tertiary/aromatic N) is 1. The average molecular weight is 268 g/mol. The first-order valence-electron chi connectivity index (χ1n) is 7.21. The first kappa shape index (κ1) is 14.3. The van der Waals surface area contributed by atoms with Crippen molar-refractivity contribution in [1.82, 2.24) is 10.2 Å². The van der Waals surface area contributed by atoms with Crippen molar-refractivity contribution in [1.29, 1.82) is 0 Å². The number of ether oxygens (including phenoxy) is 1. The number of carbonyl (C=O) groups is 2. The van der Waals surface area contributed by atoms with Crippen molar-refractivity contribution in [3.8, 4) is 0 Å². The monoisotopic (exact) mass is 268 g/mol. The minimum Gasteiger partial charge on any atom is -0.376 e. The number of hydrogen-bond donors (Lipinski definition) is 1. The summed E-state index contributed by atoms with van der Waals surface area (Å²) in [6.07, 6.45) is 3.67. The fourth-order valence-electron chi connectivity index (χ4n) is 2.78. The molecule has 2 saturated heterocycles. The Morgan fingerprint density at radius 2 is 2.16 bits per heavy atom. The second-order valence-corrected chi connectivity index (χ2v) is 5.96. The first-order chi connectivity index (χ1) is 8.96. The minimum absolute atomic E-state index is 0.0296. The lowest BCUT2D eigenvalue weighted by Gasteiger charge is -2.45. The summed E-state index contributed by atoms with van der Waals surface area (Å²) < 4.78 is 5.60. The molecule has 0 bridgehead atoms. The Bertz CT molecular complexity index is 362. The Morgan fingerprint density at radius 3 is 2.74 bits per heavy atom. The molecule has 0 aliphatic carbocycles. The van der Waals surface area contributed by atoms with Crippen molar-refractivity contribution in [2.75, 3.05) is 13.2 Å². The van der Waals surface area contributed by atoms with Crippen LogP contribution in [-0.4, -0.2) is 47.6 Å². The normalized spacial score (nSPS) is 30.6. The van der Waals surface area contributed by atoms with Gasteiger partial charge in [0.05, 0.1) is 6.10 Å². The van der Waals surface area contributed by atoms with Crippen LogP contribution in [0.2, 0.25) is 0 Å². The van der Waals surface area contributed by atoms with Gasteiger partial charge in [-0.2, -0.15) is 0 Å². The Labute approximate surface area is 114 Å². The standard InChI is InChI=1S/C14H24N2O3/c1-4-6-11-12(17)16(9-10-7-5-8-19-10)14(2,3)13(18)15-11/h10-11H,4-9H2,1-3H3,(H,15,18). The molecule has 0 aromatic carbocycles. The molecule has 5 heteroatoms. The first-order valence-corrected chi connectivity index (χ1v) is 7.21. The number of piperazine rings is 1. The van der Waals surface area contributed by atoms with Crippen LogP contribution in [0.25, 0.3) is 0 Å². The molecule has 2 amide bonds. The van der Waals surface area contributed by atoms with Crippen LogP contribution in [0, 0.1) is 0 Å². The highest BCUT2D eigenvalue weighted by atomic mass is 16.5. The van der Waals surface area contributed by atoms with Crippen LogP contribution < -0.4 is 5.32 Å². The molecule has 5 nitrogen and oxygen atoms in total. The Balaban J connectivity index is 2.14. The van der Waals surface area contributed by atoms with Gasteiger partial charge in [0.1, 0.15) is 11.6 Å². The molecule has 0 saturated carbocycles. The lowest BCUT2D eigenvalue weighted by Crippen LogP contribution is -2.69. The molecular formula is C14H24N2O3. The number of hydrogen-bond acceptors (Lipinski definition) is 3. The molecular weight excluding hydrogens is 244 g/mol. The Morgan fingerprint density at radius 1 is 1.42 bits per heavy atom. The van der Waals surface area contributed by atoms with Gasteiger partial charge in [-0.25, -0.2) is 0 Å². The van der Waals surface area contributed by atoms with Gasteiger partial charge >= 0.3 is 0 Å². The van der Waals surface area contributed by atoms with Gasteiger partial charge in [0.15, 0.2) is 0 Å². The molecule has 2 aliphatic rings. The second kappa shape index (κ2) is 5.49. The molecule has 0 spiro atoms. The topological polar surface area (TPSA) is 58.6 Å². The van der Waals surface area contributed by atoms with E-state index in [4.69, 9.17) is 4.74 Å². The van der Waals surface area contributed by atoms with Gasteiger partial charge in [-0.05, 0) is 33.1 Å². The zero-order valence-electron chi connectivity index (χ0n) is 12.1. The van der Waals surface area contributed by atoms with Crippen molar-refractivity contribution in [2.24, 2.45) is 0 Å². The molecule has 2 rings (SSSR count). The summed E-state index contributed by atoms with van der Waals surface area (Å²) in [7, 11) is 0. The summed E-state index contributed by atoms with van der Waals surface area (Å²) in [5.41, 5.74) is -0.784. The van der Waals surface area contributed by atoms with Crippen LogP contribution in [0.5, 0.6) is 0 Å². The molecule has 2 heterocycles. The van der Waals surface area contributed by atoms with E-state index in [1.165, 1.54) is 0 Å². The van der Waals surface area contributed by atoms with E-state index in [0.29, 0.717) is 13.0 Å². The largest absolute Gasteiger partial charge is 0.376 e. The number of rotatable bonds is 4. The van der Waals surface area contributed by atoms with Crippen molar-refractivity contribution in [3.05, 3.63) is 0 Å². The van der Waals surface area contributed by atoms with Crippen LogP contribution in [0.15, 0.2) is 0 Å². The summed E-state index contributed by atoms with van der Waals surface area (Å²) in [6, 6.07) is -0.369. The van der Waals surface area contributed by atoms with Crippen molar-refractivity contribution in [3.63, 3.8) is 0 Å². The van der Waals surface area contributed by atoms with Gasteiger partial charge in [-0.3, -0.25) is 9.59 Å². The van der Waals surface area contributed by atoms with E-state index in [1.807, 2.05) is 6.92 Å². The molecule has 2 atom stereocenters. The quantitative estimate of drug-likeness (QED) is 0.829. The van der Waals surface area contributed by atoms with E-state index in [1.54, 1.807) is 18.7 Å². The van der Waals surface area contributed by atoms with Crippen LogP contribution in [0.3, 0.4) is 0 Å². The fourth-order valence-corrected chi connectivity index (χ4v) is 2.78. The van der Waals surface area contributed by atoms with E-state index < -0.39 is 5.54 Å². The van der Waals surface area contributed by atoms with Crippen LogP contribution in [0.1, 0.15) is 46.5 Å². The number of carbonyl (C=O) groups excluding carboxylic acids is 2. The van der Waals surface area contributed by atoms with Crippen molar-refractivity contribution >= 4 is 11.8 Å². The number of nitrogens with one attached hydrogen (secondary N) is 1. The lowest BCUT2D eigenvalue weighted by atomic mass is 9.93. The second-order valence-electron chi connectivity index (χ2n) is 5.96. The zero-order valence-corrected chi connectivity index (χ0v) is 12.1. The van der Waals surface area contributed by atoms with Gasteiger partial charge in [0.25, 0.3) is 0 Å². The van der Waals surface area contributed by atoms with Gasteiger partial charge in [-0.15, -0.1) is 0 Å². The van der Waals surface area contributed by atoms with Crippen LogP contribution in [0.4, 0.5) is 0 Å². The van der Waals surface area contributed by atoms with Gasteiger partial charge in [0, 0.05) is 13.2 Å². The maximum atomic E-state index is 12.5. The lowest BCUT2D eigenvalue weighted by molar-refractivity contribution is -0.157. The fraction of sp³-hybridized carbons (Fsp3) is 0.857. The van der Waals surface area contributed by atoms with E-state index in [-0.39, 0.29) is 24.0 Å². The predicted molar refractivity (Wildman–Crippen MR) is 71.6 cm³/mol. The molecule has 0 aromatic heterocycles. The minimum atomic E-state index is -0.784. The third-order valence-electron chi connectivity index (χ3n) is 4.09. The maximum Gasteiger partial charge on any atom is 0.246 e. The Hall–Kier alpha value is -1.10. The summed E-state index contributed by atoms with van der Waals surface area (Å²) in [5.74, 6) is -0.0366. The van der Waals surface area contributed by atoms with E-state index in [9.17, 15) is 9.59 Å². The molecule has 0 radical (unpaired) electrons. The van der Waals surface area contributed by atoms with Crippen LogP contribution in [-0.2, 0) is 14.3 Å². The van der Waals surface area contributed by atoms with E-state index in [0.717, 1.165) is 25.9 Å². The molecule has 0 aromatic rings. The third-order valence-corrected chi connectivity index (χ3v) is 4.09. The van der Waals surface area contributed by atoms with Gasteiger partial charge in [-0.1, -0.05) is 13.3 Å². The van der Waals surface area contributed by atoms with Gasteiger partial charge in [0.2, 0.25) is 11.8 Å². The predicted octanol–water partition coefficient (Wildman–Crippen LogP) is 1.07. The highest BCUT2D eigenvalue weighted by molar-refractivity contribution is 5.99. The van der Waals surface area contributed by atoms with Crippen LogP contribution >= 0.6 is 0 Å². The molecule has 19 heavy (non-hydrogen) atoms. The number of amides is 2. The van der Waals surface area contributed by atoms with Crippen molar-refractivity contribution < 1.29 is 14.3 Å². The van der Waals surface area contributed by atoms with E-state index >= 15 is 0 Å². The van der Waals surface area contributed by atoms with Crippen molar-refractivity contribution in [2.45, 2.75) is 64.1 Å². The Kier molecular flexibility index (Phi) is 4.13. The SMILES string of the molecule is CCCC1NC(=O)C(C)(C)N(CC2CCCO2)C1=O.